The van der Waals surface area contributed by atoms with Gasteiger partial charge in [-0.3, -0.25) is 0 Å². The van der Waals surface area contributed by atoms with Crippen molar-refractivity contribution in [2.24, 2.45) is 0 Å². The maximum absolute atomic E-state index is 6.15. The molecule has 8 aromatic rings. The molecule has 0 amide bonds. The van der Waals surface area contributed by atoms with E-state index in [9.17, 15) is 0 Å². The standard InChI is InChI=1S/C14H17Cl3N6.C13H15Cl3N6.C12H15ClN6.C11H13ClN6/c1-7(2)20-14-22-12(18)21-13(23-14)19-4-3-8-5-10(16)11(17)6-9(8)15;1-22(2)13-20-11(17)19-12(21-13)18-4-3-7-5-9(15)10(16)6-8(7)14;1-19(2)12-17-10(14)16-11(18-12)15-7-8-5-3-4-6-9(8)13;1-18(2)11-16-9(13)15-10(17-11)14-8-6-4-3-5-7(8)12/h5-7H,3-4H2,1-2H3,(H4,18,19,20,21,22,23);5-6H,3-4H2,1-2H3,(H3,17,18,19,20,21);3-6H,7H2,1-2H3,(H3,14,15,16,17,18);3-6H,1-2H3,(H3,13,14,15,16,17). The molecule has 0 aliphatic heterocycles. The number of nitrogens with two attached hydrogens (primary N) is 4. The summed E-state index contributed by atoms with van der Waals surface area (Å²) in [6.07, 6.45) is 1.27. The van der Waals surface area contributed by atoms with E-state index in [0.717, 1.165) is 22.4 Å². The predicted molar refractivity (Wildman–Crippen MR) is 340 cm³/mol. The molecule has 0 spiro atoms. The second kappa shape index (κ2) is 31.9. The van der Waals surface area contributed by atoms with Crippen LogP contribution >= 0.6 is 92.8 Å². The van der Waals surface area contributed by atoms with Gasteiger partial charge in [-0.2, -0.15) is 59.8 Å². The predicted octanol–water partition coefficient (Wildman–Crippen LogP) is 10.7. The van der Waals surface area contributed by atoms with Crippen molar-refractivity contribution in [3.8, 4) is 0 Å². The molecule has 32 heteroatoms. The molecule has 0 aliphatic carbocycles. The molecule has 8 rings (SSSR count). The van der Waals surface area contributed by atoms with Crippen molar-refractivity contribution in [1.29, 1.82) is 0 Å². The lowest BCUT2D eigenvalue weighted by molar-refractivity contribution is 0.866. The number of halogens is 8. The molecule has 0 radical (unpaired) electrons. The van der Waals surface area contributed by atoms with E-state index < -0.39 is 0 Å². The topological polar surface area (TPSA) is 329 Å². The Morgan fingerprint density at radius 1 is 0.390 bits per heavy atom. The fourth-order valence-corrected chi connectivity index (χ4v) is 8.09. The Kier molecular flexibility index (Phi) is 25.5. The molecule has 4 aromatic heterocycles. The van der Waals surface area contributed by atoms with Crippen LogP contribution in [0.2, 0.25) is 40.2 Å². The van der Waals surface area contributed by atoms with Crippen molar-refractivity contribution in [2.45, 2.75) is 39.3 Å². The SMILES string of the molecule is CC(C)Nc1nc(N)nc(NCCc2cc(Cl)c(Cl)cc2Cl)n1.CN(C)c1nc(N)nc(NCCc2cc(Cl)c(Cl)cc2Cl)n1.CN(C)c1nc(N)nc(NCc2ccccc2Cl)n1.CN(C)c1nc(N)nc(Nc2ccccc2Cl)n1. The van der Waals surface area contributed by atoms with Crippen LogP contribution in [-0.4, -0.2) is 121 Å². The molecule has 13 N–H and O–H groups in total. The number of nitrogens with one attached hydrogen (secondary N) is 5. The Morgan fingerprint density at radius 3 is 1.22 bits per heavy atom. The Morgan fingerprint density at radius 2 is 0.768 bits per heavy atom. The zero-order valence-corrected chi connectivity index (χ0v) is 51.6. The molecule has 0 saturated carbocycles. The number of hydrogen-bond donors (Lipinski definition) is 9. The largest absolute Gasteiger partial charge is 0.368 e. The summed E-state index contributed by atoms with van der Waals surface area (Å²) in [6, 6.07) is 21.9. The Bertz CT molecular complexity index is 3380. The third-order valence-corrected chi connectivity index (χ3v) is 13.1. The van der Waals surface area contributed by atoms with Crippen LogP contribution in [0.25, 0.3) is 0 Å². The Hall–Kier alpha value is -7.16. The number of nitrogens with zero attached hydrogens (tertiary/aromatic N) is 15. The van der Waals surface area contributed by atoms with E-state index in [0.29, 0.717) is 120 Å². The summed E-state index contributed by atoms with van der Waals surface area (Å²) in [6.45, 7) is 5.62. The number of para-hydroxylation sites is 1. The highest BCUT2D eigenvalue weighted by Crippen LogP contribution is 2.31. The van der Waals surface area contributed by atoms with Crippen LogP contribution in [0.5, 0.6) is 0 Å². The van der Waals surface area contributed by atoms with Crippen LogP contribution in [0.3, 0.4) is 0 Å². The molecule has 0 unspecified atom stereocenters. The Balaban J connectivity index is 0.000000201. The lowest BCUT2D eigenvalue weighted by atomic mass is 10.1. The van der Waals surface area contributed by atoms with E-state index in [1.165, 1.54) is 0 Å². The average molecular weight is 1280 g/mol. The Labute approximate surface area is 514 Å². The molecule has 82 heavy (non-hydrogen) atoms. The minimum absolute atomic E-state index is 0.151. The number of rotatable bonds is 18. The van der Waals surface area contributed by atoms with Crippen LogP contribution in [0.4, 0.5) is 77.1 Å². The van der Waals surface area contributed by atoms with Gasteiger partial charge in [0.25, 0.3) is 0 Å². The summed E-state index contributed by atoms with van der Waals surface area (Å²) in [4.78, 5) is 54.4. The van der Waals surface area contributed by atoms with Gasteiger partial charge in [0.2, 0.25) is 71.4 Å². The van der Waals surface area contributed by atoms with E-state index >= 15 is 0 Å². The van der Waals surface area contributed by atoms with Crippen LogP contribution < -0.4 is 64.2 Å². The first-order chi connectivity index (χ1) is 38.8. The molecule has 0 atom stereocenters. The normalized spacial score (nSPS) is 10.5. The molecule has 0 bridgehead atoms. The monoisotopic (exact) mass is 1280 g/mol. The fourth-order valence-electron chi connectivity index (χ4n) is 6.38. The third kappa shape index (κ3) is 21.6. The van der Waals surface area contributed by atoms with Crippen molar-refractivity contribution in [3.63, 3.8) is 0 Å². The lowest BCUT2D eigenvalue weighted by Gasteiger charge is -2.12. The zero-order valence-electron chi connectivity index (χ0n) is 45.6. The van der Waals surface area contributed by atoms with Crippen molar-refractivity contribution in [2.75, 3.05) is 120 Å². The first kappa shape index (κ1) is 65.6. The van der Waals surface area contributed by atoms with E-state index in [1.807, 2.05) is 98.6 Å². The zero-order chi connectivity index (χ0) is 60.2. The quantitative estimate of drug-likeness (QED) is 0.0360. The molecule has 24 nitrogen and oxygen atoms in total. The molecule has 4 heterocycles. The van der Waals surface area contributed by atoms with Gasteiger partial charge in [0, 0.05) is 83.0 Å². The van der Waals surface area contributed by atoms with Crippen molar-refractivity contribution in [3.05, 3.63) is 130 Å². The van der Waals surface area contributed by atoms with Gasteiger partial charge in [-0.15, -0.1) is 0 Å². The summed E-state index contributed by atoms with van der Waals surface area (Å²) in [5.74, 6) is 4.16. The van der Waals surface area contributed by atoms with Crippen LogP contribution in [0.1, 0.15) is 30.5 Å². The van der Waals surface area contributed by atoms with Gasteiger partial charge in [-0.1, -0.05) is 123 Å². The van der Waals surface area contributed by atoms with Gasteiger partial charge in [-0.25, -0.2) is 0 Å². The van der Waals surface area contributed by atoms with Gasteiger partial charge < -0.3 is 64.2 Å². The number of nitrogen functional groups attached to an aromatic ring is 4. The second-order valence-electron chi connectivity index (χ2n) is 17.9. The number of hydrogen-bond acceptors (Lipinski definition) is 24. The van der Waals surface area contributed by atoms with Crippen LogP contribution in [-0.2, 0) is 19.4 Å². The van der Waals surface area contributed by atoms with E-state index in [-0.39, 0.29) is 29.8 Å². The maximum Gasteiger partial charge on any atom is 0.233 e. The summed E-state index contributed by atoms with van der Waals surface area (Å²) >= 11 is 48.2. The third-order valence-electron chi connectivity index (χ3n) is 10.2. The van der Waals surface area contributed by atoms with Gasteiger partial charge in [-0.05, 0) is 85.8 Å². The van der Waals surface area contributed by atoms with Crippen LogP contribution in [0.15, 0.2) is 72.8 Å². The van der Waals surface area contributed by atoms with Gasteiger partial charge in [0.05, 0.1) is 30.8 Å². The van der Waals surface area contributed by atoms with E-state index in [4.69, 9.17) is 116 Å². The highest BCUT2D eigenvalue weighted by atomic mass is 35.5. The molecule has 0 fully saturated rings. The first-order valence-electron chi connectivity index (χ1n) is 24.4. The van der Waals surface area contributed by atoms with Crippen LogP contribution in [0, 0.1) is 0 Å². The van der Waals surface area contributed by atoms with Crippen molar-refractivity contribution >= 4 is 170 Å². The first-order valence-corrected chi connectivity index (χ1v) is 27.4. The molecular formula is C50H60Cl8N24. The number of aromatic nitrogens is 12. The molecular weight excluding hydrogens is 1220 g/mol. The highest BCUT2D eigenvalue weighted by Gasteiger charge is 2.13. The summed E-state index contributed by atoms with van der Waals surface area (Å²) in [5, 5.41) is 19.6. The lowest BCUT2D eigenvalue weighted by Crippen LogP contribution is -2.17. The second-order valence-corrected chi connectivity index (χ2v) is 21.2. The summed E-state index contributed by atoms with van der Waals surface area (Å²) in [5.41, 5.74) is 26.1. The minimum Gasteiger partial charge on any atom is -0.368 e. The minimum atomic E-state index is 0.151. The highest BCUT2D eigenvalue weighted by molar-refractivity contribution is 6.44. The maximum atomic E-state index is 6.15. The van der Waals surface area contributed by atoms with Gasteiger partial charge in [0.15, 0.2) is 0 Å². The van der Waals surface area contributed by atoms with Crippen molar-refractivity contribution < 1.29 is 0 Å². The fraction of sp³-hybridized carbons (Fsp3) is 0.280. The average Bonchev–Trinajstić information content (AvgIpc) is 3.57. The molecule has 0 aliphatic rings. The van der Waals surface area contributed by atoms with Gasteiger partial charge >= 0.3 is 0 Å². The molecule has 0 saturated heterocycles. The van der Waals surface area contributed by atoms with E-state index in [1.54, 1.807) is 45.0 Å². The number of benzene rings is 4. The summed E-state index contributed by atoms with van der Waals surface area (Å²) < 4.78 is 0. The smallest absolute Gasteiger partial charge is 0.233 e. The van der Waals surface area contributed by atoms with E-state index in [2.05, 4.69) is 86.4 Å². The number of anilines is 13. The summed E-state index contributed by atoms with van der Waals surface area (Å²) in [7, 11) is 11.0. The van der Waals surface area contributed by atoms with Crippen molar-refractivity contribution in [1.82, 2.24) is 59.8 Å². The molecule has 4 aromatic carbocycles. The molecule has 436 valence electrons. The van der Waals surface area contributed by atoms with Gasteiger partial charge in [0.1, 0.15) is 0 Å².